The van der Waals surface area contributed by atoms with Crippen LogP contribution in [-0.2, 0) is 4.79 Å². The highest BCUT2D eigenvalue weighted by molar-refractivity contribution is 6.31. The van der Waals surface area contributed by atoms with Gasteiger partial charge in [-0.2, -0.15) is 0 Å². The highest BCUT2D eigenvalue weighted by atomic mass is 35.5. The largest absolute Gasteiger partial charge is 0.440 e. The van der Waals surface area contributed by atoms with Crippen molar-refractivity contribution in [3.63, 3.8) is 0 Å². The molecule has 1 aromatic heterocycles. The number of carbonyl (C=O) groups is 1. The number of benzene rings is 1. The summed E-state index contributed by atoms with van der Waals surface area (Å²) in [5.74, 6) is 1.28. The Balaban J connectivity index is 1.42. The van der Waals surface area contributed by atoms with E-state index >= 15 is 0 Å². The number of fused-ring (bicyclic) bond motifs is 1. The lowest BCUT2D eigenvalue weighted by Crippen LogP contribution is -2.45. The lowest BCUT2D eigenvalue weighted by molar-refractivity contribution is -0.136. The Kier molecular flexibility index (Phi) is 4.22. The molecule has 6 heteroatoms. The zero-order valence-corrected chi connectivity index (χ0v) is 14.3. The Bertz CT molecular complexity index is 752. The monoisotopic (exact) mass is 347 g/mol. The summed E-state index contributed by atoms with van der Waals surface area (Å²) in [5, 5.41) is 0.663. The Morgan fingerprint density at radius 2 is 2.04 bits per heavy atom. The van der Waals surface area contributed by atoms with Gasteiger partial charge in [-0.3, -0.25) is 4.79 Å². The van der Waals surface area contributed by atoms with E-state index in [0.29, 0.717) is 5.02 Å². The van der Waals surface area contributed by atoms with Gasteiger partial charge in [0.1, 0.15) is 5.52 Å². The van der Waals surface area contributed by atoms with Gasteiger partial charge in [0, 0.05) is 30.1 Å². The molecule has 2 aromatic rings. The predicted octanol–water partition coefficient (Wildman–Crippen LogP) is 3.31. The maximum absolute atomic E-state index is 12.6. The minimum absolute atomic E-state index is 0.0213. The fourth-order valence-corrected chi connectivity index (χ4v) is 4.14. The molecule has 24 heavy (non-hydrogen) atoms. The molecule has 2 heterocycles. The van der Waals surface area contributed by atoms with Crippen molar-refractivity contribution >= 4 is 28.6 Å². The third-order valence-corrected chi connectivity index (χ3v) is 5.64. The van der Waals surface area contributed by atoms with E-state index < -0.39 is 0 Å². The second-order valence-corrected chi connectivity index (χ2v) is 7.40. The fourth-order valence-electron chi connectivity index (χ4n) is 3.97. The first-order chi connectivity index (χ1) is 11.6. The van der Waals surface area contributed by atoms with Crippen molar-refractivity contribution < 1.29 is 9.21 Å². The van der Waals surface area contributed by atoms with Crippen LogP contribution >= 0.6 is 11.6 Å². The molecule has 2 atom stereocenters. The summed E-state index contributed by atoms with van der Waals surface area (Å²) in [7, 11) is 0. The number of amides is 1. The Morgan fingerprint density at radius 3 is 2.75 bits per heavy atom. The summed E-state index contributed by atoms with van der Waals surface area (Å²) in [6.45, 7) is 1.51. The van der Waals surface area contributed by atoms with Gasteiger partial charge in [0.2, 0.25) is 5.91 Å². The van der Waals surface area contributed by atoms with Crippen LogP contribution in [0.3, 0.4) is 0 Å². The third kappa shape index (κ3) is 2.91. The number of oxazole rings is 1. The van der Waals surface area contributed by atoms with Gasteiger partial charge >= 0.3 is 0 Å². The molecule has 0 unspecified atom stereocenters. The van der Waals surface area contributed by atoms with Crippen molar-refractivity contribution in [3.8, 4) is 0 Å². The molecule has 4 rings (SSSR count). The normalized spacial score (nSPS) is 25.5. The number of hydrogen-bond acceptors (Lipinski definition) is 4. The summed E-state index contributed by atoms with van der Waals surface area (Å²) < 4.78 is 5.88. The third-order valence-electron chi connectivity index (χ3n) is 5.41. The minimum atomic E-state index is 0.0213. The van der Waals surface area contributed by atoms with Crippen molar-refractivity contribution in [2.45, 2.75) is 44.1 Å². The van der Waals surface area contributed by atoms with Crippen LogP contribution in [-0.4, -0.2) is 34.9 Å². The first kappa shape index (κ1) is 15.9. The summed E-state index contributed by atoms with van der Waals surface area (Å²) in [6, 6.07) is 5.53. The van der Waals surface area contributed by atoms with Gasteiger partial charge in [-0.05, 0) is 43.9 Å². The van der Waals surface area contributed by atoms with E-state index in [1.165, 1.54) is 0 Å². The lowest BCUT2D eigenvalue weighted by Gasteiger charge is -2.33. The number of rotatable bonds is 2. The average molecular weight is 348 g/mol. The number of likely N-dealkylation sites (tertiary alicyclic amines) is 1. The molecule has 1 aliphatic carbocycles. The van der Waals surface area contributed by atoms with E-state index in [1.807, 2.05) is 23.1 Å². The van der Waals surface area contributed by atoms with Gasteiger partial charge in [0.05, 0.1) is 5.92 Å². The maximum atomic E-state index is 12.6. The molecule has 0 radical (unpaired) electrons. The van der Waals surface area contributed by atoms with Crippen molar-refractivity contribution in [3.05, 3.63) is 29.1 Å². The zero-order valence-electron chi connectivity index (χ0n) is 13.6. The first-order valence-electron chi connectivity index (χ1n) is 8.72. The maximum Gasteiger partial charge on any atom is 0.227 e. The van der Waals surface area contributed by atoms with E-state index in [9.17, 15) is 4.79 Å². The number of aromatic nitrogens is 1. The molecular formula is C18H22ClN3O2. The first-order valence-corrected chi connectivity index (χ1v) is 9.10. The molecule has 1 aromatic carbocycles. The van der Waals surface area contributed by atoms with E-state index in [0.717, 1.165) is 62.2 Å². The minimum Gasteiger partial charge on any atom is -0.440 e. The standard InChI is InChI=1S/C18H22ClN3O2/c19-12-4-5-16-15(10-12)21-17(24-16)11-6-8-22(9-7-11)18(23)13-2-1-3-14(13)20/h4-5,10-11,13-14H,1-3,6-9,20H2/t13-,14-/m1/s1. The topological polar surface area (TPSA) is 72.4 Å². The number of hydrogen-bond donors (Lipinski definition) is 1. The van der Waals surface area contributed by atoms with Gasteiger partial charge in [0.25, 0.3) is 0 Å². The van der Waals surface area contributed by atoms with Crippen LogP contribution in [0.25, 0.3) is 11.1 Å². The van der Waals surface area contributed by atoms with Crippen LogP contribution in [0.5, 0.6) is 0 Å². The number of nitrogens with zero attached hydrogens (tertiary/aromatic N) is 2. The van der Waals surface area contributed by atoms with Gasteiger partial charge < -0.3 is 15.1 Å². The van der Waals surface area contributed by atoms with Crippen molar-refractivity contribution in [2.24, 2.45) is 11.7 Å². The summed E-state index contributed by atoms with van der Waals surface area (Å²) >= 11 is 6.01. The van der Waals surface area contributed by atoms with Crippen molar-refractivity contribution in [2.75, 3.05) is 13.1 Å². The average Bonchev–Trinajstić information content (AvgIpc) is 3.20. The SMILES string of the molecule is N[C@@H]1CCC[C@H]1C(=O)N1CCC(c2nc3cc(Cl)ccc3o2)CC1. The van der Waals surface area contributed by atoms with Gasteiger partial charge in [0.15, 0.2) is 11.5 Å². The predicted molar refractivity (Wildman–Crippen MR) is 92.9 cm³/mol. The molecule has 1 saturated carbocycles. The highest BCUT2D eigenvalue weighted by Gasteiger charge is 2.35. The molecule has 2 fully saturated rings. The molecule has 2 aliphatic rings. The fraction of sp³-hybridized carbons (Fsp3) is 0.556. The van der Waals surface area contributed by atoms with Gasteiger partial charge in [-0.1, -0.05) is 18.0 Å². The molecule has 1 saturated heterocycles. The quantitative estimate of drug-likeness (QED) is 0.904. The number of halogens is 1. The Labute approximate surface area is 146 Å². The summed E-state index contributed by atoms with van der Waals surface area (Å²) in [4.78, 5) is 19.2. The van der Waals surface area contributed by atoms with Crippen LogP contribution in [0.2, 0.25) is 5.02 Å². The number of piperidine rings is 1. The molecule has 1 aliphatic heterocycles. The van der Waals surface area contributed by atoms with Crippen LogP contribution in [0.1, 0.15) is 43.9 Å². The van der Waals surface area contributed by atoms with Crippen molar-refractivity contribution in [1.29, 1.82) is 0 Å². The lowest BCUT2D eigenvalue weighted by atomic mass is 9.94. The van der Waals surface area contributed by atoms with Crippen LogP contribution in [0.15, 0.2) is 22.6 Å². The van der Waals surface area contributed by atoms with E-state index in [2.05, 4.69) is 4.98 Å². The summed E-state index contributed by atoms with van der Waals surface area (Å²) in [5.41, 5.74) is 7.64. The van der Waals surface area contributed by atoms with Crippen LogP contribution in [0, 0.1) is 5.92 Å². The number of carbonyl (C=O) groups excluding carboxylic acids is 1. The smallest absolute Gasteiger partial charge is 0.227 e. The van der Waals surface area contributed by atoms with E-state index in [-0.39, 0.29) is 23.8 Å². The molecule has 1 amide bonds. The highest BCUT2D eigenvalue weighted by Crippen LogP contribution is 2.33. The van der Waals surface area contributed by atoms with E-state index in [1.54, 1.807) is 0 Å². The molecule has 0 bridgehead atoms. The second kappa shape index (κ2) is 6.37. The molecule has 2 N–H and O–H groups in total. The molecular weight excluding hydrogens is 326 g/mol. The molecule has 5 nitrogen and oxygen atoms in total. The molecule has 128 valence electrons. The van der Waals surface area contributed by atoms with Gasteiger partial charge in [-0.15, -0.1) is 0 Å². The van der Waals surface area contributed by atoms with Crippen molar-refractivity contribution in [1.82, 2.24) is 9.88 Å². The van der Waals surface area contributed by atoms with Gasteiger partial charge in [-0.25, -0.2) is 4.98 Å². The van der Waals surface area contributed by atoms with E-state index in [4.69, 9.17) is 21.8 Å². The molecule has 0 spiro atoms. The van der Waals surface area contributed by atoms with Crippen LogP contribution < -0.4 is 5.73 Å². The Hall–Kier alpha value is -1.59. The second-order valence-electron chi connectivity index (χ2n) is 6.96. The Morgan fingerprint density at radius 1 is 1.25 bits per heavy atom. The summed E-state index contributed by atoms with van der Waals surface area (Å²) in [6.07, 6.45) is 4.74. The number of nitrogens with two attached hydrogens (primary N) is 1. The zero-order chi connectivity index (χ0) is 16.7. The van der Waals surface area contributed by atoms with Crippen LogP contribution in [0.4, 0.5) is 0 Å².